The van der Waals surface area contributed by atoms with Gasteiger partial charge < -0.3 is 9.84 Å². The van der Waals surface area contributed by atoms with Crippen LogP contribution in [0.15, 0.2) is 0 Å². The zero-order valence-electron chi connectivity index (χ0n) is 11.0. The molecular weight excluding hydrogens is 230 g/mol. The summed E-state index contributed by atoms with van der Waals surface area (Å²) in [4.78, 5) is 13.8. The largest absolute Gasteiger partial charge is 0.480 e. The maximum absolute atomic E-state index is 11.5. The molecule has 0 aromatic carbocycles. The third-order valence-corrected chi connectivity index (χ3v) is 5.14. The number of nitrogens with zero attached hydrogens (tertiary/aromatic N) is 1. The molecule has 0 bridgehead atoms. The number of carboxylic acid groups (broad SMARTS) is 1. The summed E-state index contributed by atoms with van der Waals surface area (Å²) in [5.41, 5.74) is 0. The van der Waals surface area contributed by atoms with Crippen molar-refractivity contribution in [2.24, 2.45) is 5.92 Å². The SMILES string of the molecule is CC1OCCC1N1C(C(=O)O)CC2CCCCC21. The number of fused-ring (bicyclic) bond motifs is 1. The molecule has 0 aromatic heterocycles. The lowest BCUT2D eigenvalue weighted by Gasteiger charge is -2.38. The minimum atomic E-state index is -0.636. The lowest BCUT2D eigenvalue weighted by atomic mass is 9.84. The van der Waals surface area contributed by atoms with Crippen molar-refractivity contribution in [3.8, 4) is 0 Å². The molecule has 3 fully saturated rings. The van der Waals surface area contributed by atoms with E-state index in [0.29, 0.717) is 18.0 Å². The molecule has 1 aliphatic carbocycles. The molecule has 0 spiro atoms. The van der Waals surface area contributed by atoms with Crippen molar-refractivity contribution in [1.82, 2.24) is 4.90 Å². The normalized spacial score (nSPS) is 45.1. The molecule has 2 heterocycles. The second-order valence-electron chi connectivity index (χ2n) is 6.08. The van der Waals surface area contributed by atoms with E-state index in [1.165, 1.54) is 25.7 Å². The standard InChI is InChI=1S/C14H23NO3/c1-9-11(6-7-18-9)15-12-5-3-2-4-10(12)8-13(15)14(16)17/h9-13H,2-8H2,1H3,(H,16,17). The van der Waals surface area contributed by atoms with Crippen LogP contribution in [0.5, 0.6) is 0 Å². The number of aliphatic carboxylic acids is 1. The summed E-state index contributed by atoms with van der Waals surface area (Å²) in [5.74, 6) is -0.0313. The summed E-state index contributed by atoms with van der Waals surface area (Å²) in [7, 11) is 0. The second kappa shape index (κ2) is 4.82. The highest BCUT2D eigenvalue weighted by molar-refractivity contribution is 5.74. The molecule has 2 saturated heterocycles. The first kappa shape index (κ1) is 12.4. The van der Waals surface area contributed by atoms with Crippen LogP contribution in [0.4, 0.5) is 0 Å². The number of rotatable bonds is 2. The van der Waals surface area contributed by atoms with Gasteiger partial charge in [0.15, 0.2) is 0 Å². The molecule has 0 aromatic rings. The Kier molecular flexibility index (Phi) is 3.32. The fraction of sp³-hybridized carbons (Fsp3) is 0.929. The first-order valence-corrected chi connectivity index (χ1v) is 7.30. The van der Waals surface area contributed by atoms with E-state index < -0.39 is 5.97 Å². The summed E-state index contributed by atoms with van der Waals surface area (Å²) >= 11 is 0. The zero-order chi connectivity index (χ0) is 12.7. The van der Waals surface area contributed by atoms with Crippen molar-refractivity contribution in [2.75, 3.05) is 6.61 Å². The Labute approximate surface area is 108 Å². The van der Waals surface area contributed by atoms with E-state index in [1.807, 2.05) is 0 Å². The van der Waals surface area contributed by atoms with Gasteiger partial charge in [0, 0.05) is 18.7 Å². The van der Waals surface area contributed by atoms with Crippen molar-refractivity contribution in [1.29, 1.82) is 0 Å². The lowest BCUT2D eigenvalue weighted by molar-refractivity contribution is -0.144. The molecule has 4 heteroatoms. The van der Waals surface area contributed by atoms with Gasteiger partial charge in [-0.3, -0.25) is 9.69 Å². The van der Waals surface area contributed by atoms with Crippen LogP contribution in [0.3, 0.4) is 0 Å². The molecule has 5 unspecified atom stereocenters. The molecule has 3 aliphatic rings. The first-order valence-electron chi connectivity index (χ1n) is 7.30. The monoisotopic (exact) mass is 253 g/mol. The highest BCUT2D eigenvalue weighted by Gasteiger charge is 2.49. The summed E-state index contributed by atoms with van der Waals surface area (Å²) < 4.78 is 5.65. The van der Waals surface area contributed by atoms with Crippen LogP contribution < -0.4 is 0 Å². The van der Waals surface area contributed by atoms with Crippen LogP contribution in [0.2, 0.25) is 0 Å². The van der Waals surface area contributed by atoms with Gasteiger partial charge in [0.05, 0.1) is 6.10 Å². The predicted molar refractivity (Wildman–Crippen MR) is 67.4 cm³/mol. The smallest absolute Gasteiger partial charge is 0.320 e. The molecular formula is C14H23NO3. The molecule has 3 rings (SSSR count). The molecule has 4 nitrogen and oxygen atoms in total. The third-order valence-electron chi connectivity index (χ3n) is 5.14. The van der Waals surface area contributed by atoms with Crippen molar-refractivity contribution >= 4 is 5.97 Å². The highest BCUT2D eigenvalue weighted by atomic mass is 16.5. The summed E-state index contributed by atoms with van der Waals surface area (Å²) in [6, 6.07) is 0.542. The van der Waals surface area contributed by atoms with Crippen LogP contribution in [0.25, 0.3) is 0 Å². The summed E-state index contributed by atoms with van der Waals surface area (Å²) in [6.45, 7) is 2.87. The van der Waals surface area contributed by atoms with Crippen molar-refractivity contribution < 1.29 is 14.6 Å². The second-order valence-corrected chi connectivity index (χ2v) is 6.08. The minimum Gasteiger partial charge on any atom is -0.480 e. The average molecular weight is 253 g/mol. The molecule has 5 atom stereocenters. The van der Waals surface area contributed by atoms with Crippen LogP contribution >= 0.6 is 0 Å². The van der Waals surface area contributed by atoms with Crippen LogP contribution in [0, 0.1) is 5.92 Å². The predicted octanol–water partition coefficient (Wildman–Crippen LogP) is 1.88. The summed E-state index contributed by atoms with van der Waals surface area (Å²) in [6.07, 6.45) is 6.96. The fourth-order valence-electron chi connectivity index (χ4n) is 4.31. The number of ether oxygens (including phenoxy) is 1. The van der Waals surface area contributed by atoms with Gasteiger partial charge in [-0.05, 0) is 38.5 Å². The summed E-state index contributed by atoms with van der Waals surface area (Å²) in [5, 5.41) is 9.49. The van der Waals surface area contributed by atoms with Crippen LogP contribution in [0.1, 0.15) is 45.4 Å². The molecule has 0 amide bonds. The van der Waals surface area contributed by atoms with E-state index in [2.05, 4.69) is 11.8 Å². The Hall–Kier alpha value is -0.610. The van der Waals surface area contributed by atoms with Crippen molar-refractivity contribution in [3.05, 3.63) is 0 Å². The molecule has 0 radical (unpaired) electrons. The first-order chi connectivity index (χ1) is 8.68. The quantitative estimate of drug-likeness (QED) is 0.816. The van der Waals surface area contributed by atoms with Crippen LogP contribution in [-0.2, 0) is 9.53 Å². The van der Waals surface area contributed by atoms with E-state index in [0.717, 1.165) is 19.4 Å². The number of hydrogen-bond donors (Lipinski definition) is 1. The molecule has 1 N–H and O–H groups in total. The number of hydrogen-bond acceptors (Lipinski definition) is 3. The highest BCUT2D eigenvalue weighted by Crippen LogP contribution is 2.42. The Morgan fingerprint density at radius 2 is 2.00 bits per heavy atom. The zero-order valence-corrected chi connectivity index (χ0v) is 11.0. The number of likely N-dealkylation sites (tertiary alicyclic amines) is 1. The minimum absolute atomic E-state index is 0.188. The number of carbonyl (C=O) groups is 1. The van der Waals surface area contributed by atoms with Gasteiger partial charge in [-0.25, -0.2) is 0 Å². The molecule has 1 saturated carbocycles. The van der Waals surface area contributed by atoms with Crippen molar-refractivity contribution in [3.63, 3.8) is 0 Å². The van der Waals surface area contributed by atoms with Gasteiger partial charge in [-0.2, -0.15) is 0 Å². The maximum atomic E-state index is 11.5. The van der Waals surface area contributed by atoms with Gasteiger partial charge in [0.1, 0.15) is 6.04 Å². The number of carboxylic acids is 1. The Bertz CT molecular complexity index is 333. The van der Waals surface area contributed by atoms with Gasteiger partial charge >= 0.3 is 5.97 Å². The van der Waals surface area contributed by atoms with Gasteiger partial charge in [-0.1, -0.05) is 12.8 Å². The Morgan fingerprint density at radius 3 is 2.67 bits per heavy atom. The molecule has 102 valence electrons. The Morgan fingerprint density at radius 1 is 1.22 bits per heavy atom. The third kappa shape index (κ3) is 1.95. The maximum Gasteiger partial charge on any atom is 0.320 e. The van der Waals surface area contributed by atoms with E-state index in [1.54, 1.807) is 0 Å². The van der Waals surface area contributed by atoms with Crippen LogP contribution in [-0.4, -0.2) is 46.8 Å². The van der Waals surface area contributed by atoms with Gasteiger partial charge in [-0.15, -0.1) is 0 Å². The van der Waals surface area contributed by atoms with Gasteiger partial charge in [0.2, 0.25) is 0 Å². The van der Waals surface area contributed by atoms with Crippen molar-refractivity contribution in [2.45, 2.75) is 69.7 Å². The van der Waals surface area contributed by atoms with Gasteiger partial charge in [0.25, 0.3) is 0 Å². The fourth-order valence-corrected chi connectivity index (χ4v) is 4.31. The van der Waals surface area contributed by atoms with E-state index in [-0.39, 0.29) is 12.1 Å². The topological polar surface area (TPSA) is 49.8 Å². The molecule has 18 heavy (non-hydrogen) atoms. The van der Waals surface area contributed by atoms with E-state index in [4.69, 9.17) is 4.74 Å². The lowest BCUT2D eigenvalue weighted by Crippen LogP contribution is -2.51. The average Bonchev–Trinajstić information content (AvgIpc) is 2.92. The molecule has 2 aliphatic heterocycles. The van der Waals surface area contributed by atoms with E-state index in [9.17, 15) is 9.90 Å². The Balaban J connectivity index is 1.84. The van der Waals surface area contributed by atoms with E-state index >= 15 is 0 Å².